The number of hydrogen-bond acceptors (Lipinski definition) is 4. The maximum absolute atomic E-state index is 15.1. The van der Waals surface area contributed by atoms with Gasteiger partial charge in [-0.2, -0.15) is 8.78 Å². The lowest BCUT2D eigenvalue weighted by atomic mass is 9.99. The van der Waals surface area contributed by atoms with Crippen LogP contribution in [0.1, 0.15) is 35.6 Å². The van der Waals surface area contributed by atoms with Crippen LogP contribution in [0.15, 0.2) is 78.9 Å². The minimum absolute atomic E-state index is 0.0985. The first-order valence-corrected chi connectivity index (χ1v) is 10.7. The van der Waals surface area contributed by atoms with Gasteiger partial charge in [-0.05, 0) is 61.3 Å². The number of ether oxygens (including phenoxy) is 2. The Labute approximate surface area is 192 Å². The van der Waals surface area contributed by atoms with Crippen molar-refractivity contribution in [3.05, 3.63) is 95.6 Å². The number of rotatable bonds is 12. The van der Waals surface area contributed by atoms with Crippen molar-refractivity contribution in [3.8, 4) is 11.5 Å². The molecule has 0 aliphatic heterocycles. The van der Waals surface area contributed by atoms with Crippen molar-refractivity contribution in [1.29, 1.82) is 0 Å². The number of carboxylic acid groups (broad SMARTS) is 1. The van der Waals surface area contributed by atoms with Gasteiger partial charge < -0.3 is 19.9 Å². The van der Waals surface area contributed by atoms with Crippen LogP contribution in [0.25, 0.3) is 0 Å². The van der Waals surface area contributed by atoms with Crippen molar-refractivity contribution in [2.24, 2.45) is 0 Å². The fourth-order valence-corrected chi connectivity index (χ4v) is 3.54. The van der Waals surface area contributed by atoms with Gasteiger partial charge >= 0.3 is 11.9 Å². The van der Waals surface area contributed by atoms with Gasteiger partial charge in [0.15, 0.2) is 0 Å². The van der Waals surface area contributed by atoms with Gasteiger partial charge in [0.05, 0.1) is 19.2 Å². The molecule has 0 fully saturated rings. The van der Waals surface area contributed by atoms with Crippen LogP contribution in [0.5, 0.6) is 11.5 Å². The second-order valence-corrected chi connectivity index (χ2v) is 7.53. The molecule has 33 heavy (non-hydrogen) atoms. The summed E-state index contributed by atoms with van der Waals surface area (Å²) in [7, 11) is 1.37. The van der Waals surface area contributed by atoms with E-state index in [1.165, 1.54) is 43.5 Å². The lowest BCUT2D eigenvalue weighted by Crippen LogP contribution is -2.24. The lowest BCUT2D eigenvalue weighted by molar-refractivity contribution is -0.135. The molecule has 0 saturated carbocycles. The van der Waals surface area contributed by atoms with Crippen molar-refractivity contribution in [1.82, 2.24) is 5.32 Å². The molecule has 0 spiro atoms. The van der Waals surface area contributed by atoms with Gasteiger partial charge in [0, 0.05) is 5.56 Å². The van der Waals surface area contributed by atoms with Gasteiger partial charge in [0.2, 0.25) is 0 Å². The van der Waals surface area contributed by atoms with Crippen LogP contribution in [0, 0.1) is 0 Å². The molecule has 0 bridgehead atoms. The highest BCUT2D eigenvalue weighted by atomic mass is 19.3. The van der Waals surface area contributed by atoms with E-state index < -0.39 is 11.9 Å². The number of carboxylic acids is 1. The van der Waals surface area contributed by atoms with E-state index in [1.54, 1.807) is 12.1 Å². The summed E-state index contributed by atoms with van der Waals surface area (Å²) < 4.78 is 41.5. The Morgan fingerprint density at radius 2 is 1.67 bits per heavy atom. The number of aliphatic carboxylic acids is 1. The molecule has 0 saturated heterocycles. The molecule has 2 N–H and O–H groups in total. The normalized spacial score (nSPS) is 12.2. The minimum atomic E-state index is -3.22. The lowest BCUT2D eigenvalue weighted by Gasteiger charge is -2.22. The fraction of sp³-hybridized carbons (Fsp3) is 0.269. The topological polar surface area (TPSA) is 67.8 Å². The molecule has 0 amide bonds. The number of carbonyl (C=O) groups is 1. The largest absolute Gasteiger partial charge is 0.496 e. The zero-order valence-electron chi connectivity index (χ0n) is 18.3. The highest BCUT2D eigenvalue weighted by Crippen LogP contribution is 2.41. The summed E-state index contributed by atoms with van der Waals surface area (Å²) in [6, 6.07) is 21.5. The number of alkyl halides is 2. The summed E-state index contributed by atoms with van der Waals surface area (Å²) in [5.74, 6) is -3.53. The second kappa shape index (κ2) is 11.4. The molecule has 174 valence electrons. The van der Waals surface area contributed by atoms with E-state index in [-0.39, 0.29) is 29.5 Å². The van der Waals surface area contributed by atoms with E-state index in [0.717, 1.165) is 5.56 Å². The summed E-state index contributed by atoms with van der Waals surface area (Å²) in [6.45, 7) is 0.432. The quantitative estimate of drug-likeness (QED) is 0.358. The number of nitrogens with one attached hydrogen (secondary N) is 1. The highest BCUT2D eigenvalue weighted by Gasteiger charge is 2.36. The predicted octanol–water partition coefficient (Wildman–Crippen LogP) is 5.41. The van der Waals surface area contributed by atoms with Crippen LogP contribution in [0.2, 0.25) is 0 Å². The van der Waals surface area contributed by atoms with E-state index in [0.29, 0.717) is 25.1 Å². The summed E-state index contributed by atoms with van der Waals surface area (Å²) in [6.07, 6.45) is 1.03. The fourth-order valence-electron chi connectivity index (χ4n) is 3.54. The van der Waals surface area contributed by atoms with Crippen molar-refractivity contribution < 1.29 is 28.2 Å². The van der Waals surface area contributed by atoms with Crippen molar-refractivity contribution >= 4 is 5.97 Å². The van der Waals surface area contributed by atoms with E-state index >= 15 is 8.78 Å². The van der Waals surface area contributed by atoms with Gasteiger partial charge in [0.1, 0.15) is 17.6 Å². The van der Waals surface area contributed by atoms with E-state index in [9.17, 15) is 4.79 Å². The smallest absolute Gasteiger partial charge is 0.317 e. The molecule has 0 radical (unpaired) electrons. The van der Waals surface area contributed by atoms with Gasteiger partial charge in [-0.15, -0.1) is 0 Å². The van der Waals surface area contributed by atoms with Crippen molar-refractivity contribution in [2.45, 2.75) is 24.9 Å². The van der Waals surface area contributed by atoms with Crippen LogP contribution in [0.3, 0.4) is 0 Å². The van der Waals surface area contributed by atoms with Crippen LogP contribution >= 0.6 is 0 Å². The Morgan fingerprint density at radius 1 is 1.00 bits per heavy atom. The Kier molecular flexibility index (Phi) is 8.38. The Hall–Kier alpha value is -3.45. The summed E-state index contributed by atoms with van der Waals surface area (Å²) in [4.78, 5) is 10.6. The SMILES string of the molecule is COc1ccccc1C(F)(F)c1ccc(OC(CCCNCC(=O)O)c2ccccc2)cc1. The molecule has 3 rings (SSSR count). The van der Waals surface area contributed by atoms with E-state index in [1.807, 2.05) is 30.3 Å². The Morgan fingerprint density at radius 3 is 2.33 bits per heavy atom. The number of methoxy groups -OCH3 is 1. The first-order valence-electron chi connectivity index (χ1n) is 10.7. The van der Waals surface area contributed by atoms with Crippen LogP contribution in [-0.2, 0) is 10.7 Å². The van der Waals surface area contributed by atoms with Crippen molar-refractivity contribution in [3.63, 3.8) is 0 Å². The molecule has 0 heterocycles. The first kappa shape index (κ1) is 24.2. The average Bonchev–Trinajstić information content (AvgIpc) is 2.83. The van der Waals surface area contributed by atoms with Crippen LogP contribution in [0.4, 0.5) is 8.78 Å². The molecule has 1 atom stereocenters. The minimum Gasteiger partial charge on any atom is -0.496 e. The summed E-state index contributed by atoms with van der Waals surface area (Å²) in [5.41, 5.74) is 0.602. The van der Waals surface area contributed by atoms with Crippen LogP contribution < -0.4 is 14.8 Å². The molecular weight excluding hydrogens is 428 g/mol. The Balaban J connectivity index is 1.72. The van der Waals surface area contributed by atoms with Gasteiger partial charge in [-0.25, -0.2) is 0 Å². The molecule has 1 unspecified atom stereocenters. The standard InChI is InChI=1S/C26H27F2NO4/c1-32-24-11-6-5-10-22(24)26(27,28)20-13-15-21(16-14-20)33-23(19-8-3-2-4-9-19)12-7-17-29-18-25(30)31/h2-6,8-11,13-16,23,29H,7,12,17-18H2,1H3,(H,30,31). The third-order valence-corrected chi connectivity index (χ3v) is 5.21. The molecule has 7 heteroatoms. The molecule has 0 aromatic heterocycles. The number of hydrogen-bond donors (Lipinski definition) is 2. The average molecular weight is 456 g/mol. The number of benzene rings is 3. The monoisotopic (exact) mass is 455 g/mol. The zero-order valence-corrected chi connectivity index (χ0v) is 18.3. The summed E-state index contributed by atoms with van der Waals surface area (Å²) in [5, 5.41) is 11.6. The van der Waals surface area contributed by atoms with E-state index in [4.69, 9.17) is 14.6 Å². The zero-order chi connectivity index (χ0) is 23.7. The number of para-hydroxylation sites is 1. The first-order chi connectivity index (χ1) is 15.9. The molecular formula is C26H27F2NO4. The maximum atomic E-state index is 15.1. The molecule has 5 nitrogen and oxygen atoms in total. The van der Waals surface area contributed by atoms with Gasteiger partial charge in [-0.3, -0.25) is 4.79 Å². The molecule has 3 aromatic carbocycles. The van der Waals surface area contributed by atoms with Gasteiger partial charge in [0.25, 0.3) is 0 Å². The number of halogens is 2. The second-order valence-electron chi connectivity index (χ2n) is 7.53. The molecule has 0 aliphatic rings. The molecule has 0 aliphatic carbocycles. The van der Waals surface area contributed by atoms with Crippen molar-refractivity contribution in [2.75, 3.05) is 20.2 Å². The third kappa shape index (κ3) is 6.52. The maximum Gasteiger partial charge on any atom is 0.317 e. The third-order valence-electron chi connectivity index (χ3n) is 5.21. The van der Waals surface area contributed by atoms with E-state index in [2.05, 4.69) is 5.32 Å². The Bertz CT molecular complexity index is 1030. The summed E-state index contributed by atoms with van der Waals surface area (Å²) >= 11 is 0. The predicted molar refractivity (Wildman–Crippen MR) is 122 cm³/mol. The highest BCUT2D eigenvalue weighted by molar-refractivity contribution is 5.68. The van der Waals surface area contributed by atoms with Gasteiger partial charge in [-0.1, -0.05) is 42.5 Å². The van der Waals surface area contributed by atoms with Crippen LogP contribution in [-0.4, -0.2) is 31.3 Å². The molecule has 3 aromatic rings.